The summed E-state index contributed by atoms with van der Waals surface area (Å²) < 4.78 is 10.4. The van der Waals surface area contributed by atoms with Gasteiger partial charge in [0.25, 0.3) is 0 Å². The second-order valence-electron chi connectivity index (χ2n) is 4.24. The summed E-state index contributed by atoms with van der Waals surface area (Å²) in [5.74, 6) is -0.248. The molecule has 0 saturated carbocycles. The summed E-state index contributed by atoms with van der Waals surface area (Å²) in [4.78, 5) is 11.7. The minimum atomic E-state index is -0.568. The van der Waals surface area contributed by atoms with Crippen LogP contribution in [0.4, 0.5) is 0 Å². The van der Waals surface area contributed by atoms with E-state index in [0.717, 1.165) is 12.0 Å². The molecule has 1 heterocycles. The second-order valence-corrected chi connectivity index (χ2v) is 4.24. The SMILES string of the molecule is NC(C(=O)OCc1ccccc1)C1CCOC1. The zero-order valence-electron chi connectivity index (χ0n) is 9.67. The zero-order valence-corrected chi connectivity index (χ0v) is 9.67. The highest BCUT2D eigenvalue weighted by molar-refractivity contribution is 5.75. The fourth-order valence-electron chi connectivity index (χ4n) is 1.85. The zero-order chi connectivity index (χ0) is 12.1. The first-order chi connectivity index (χ1) is 8.27. The molecule has 2 N–H and O–H groups in total. The highest BCUT2D eigenvalue weighted by Gasteiger charge is 2.29. The van der Waals surface area contributed by atoms with Crippen molar-refractivity contribution in [3.8, 4) is 0 Å². The van der Waals surface area contributed by atoms with Crippen LogP contribution in [-0.2, 0) is 20.9 Å². The number of esters is 1. The van der Waals surface area contributed by atoms with Crippen molar-refractivity contribution in [3.05, 3.63) is 35.9 Å². The summed E-state index contributed by atoms with van der Waals surface area (Å²) >= 11 is 0. The Balaban J connectivity index is 1.80. The Bertz CT molecular complexity index is 360. The van der Waals surface area contributed by atoms with Crippen LogP contribution in [0.1, 0.15) is 12.0 Å². The number of nitrogens with two attached hydrogens (primary N) is 1. The van der Waals surface area contributed by atoms with Crippen molar-refractivity contribution in [1.82, 2.24) is 0 Å². The van der Waals surface area contributed by atoms with Gasteiger partial charge in [-0.25, -0.2) is 0 Å². The lowest BCUT2D eigenvalue weighted by Crippen LogP contribution is -2.39. The van der Waals surface area contributed by atoms with E-state index in [1.165, 1.54) is 0 Å². The topological polar surface area (TPSA) is 61.6 Å². The third kappa shape index (κ3) is 3.28. The number of rotatable bonds is 4. The molecule has 1 aromatic rings. The van der Waals surface area contributed by atoms with Crippen LogP contribution in [0.25, 0.3) is 0 Å². The van der Waals surface area contributed by atoms with Crippen LogP contribution in [0.5, 0.6) is 0 Å². The normalized spacial score (nSPS) is 21.1. The first-order valence-electron chi connectivity index (χ1n) is 5.81. The summed E-state index contributed by atoms with van der Waals surface area (Å²) in [7, 11) is 0. The van der Waals surface area contributed by atoms with E-state index < -0.39 is 6.04 Å². The number of hydrogen-bond donors (Lipinski definition) is 1. The van der Waals surface area contributed by atoms with Crippen molar-refractivity contribution in [1.29, 1.82) is 0 Å². The van der Waals surface area contributed by atoms with E-state index in [4.69, 9.17) is 15.2 Å². The fourth-order valence-corrected chi connectivity index (χ4v) is 1.85. The standard InChI is InChI=1S/C13H17NO3/c14-12(11-6-7-16-9-11)13(15)17-8-10-4-2-1-3-5-10/h1-5,11-12H,6-9,14H2. The third-order valence-electron chi connectivity index (χ3n) is 2.97. The first-order valence-corrected chi connectivity index (χ1v) is 5.81. The Hall–Kier alpha value is -1.39. The maximum atomic E-state index is 11.7. The van der Waals surface area contributed by atoms with Gasteiger partial charge in [-0.05, 0) is 12.0 Å². The molecule has 0 aliphatic carbocycles. The van der Waals surface area contributed by atoms with Crippen molar-refractivity contribution in [3.63, 3.8) is 0 Å². The molecule has 1 aromatic carbocycles. The number of ether oxygens (including phenoxy) is 2. The third-order valence-corrected chi connectivity index (χ3v) is 2.97. The van der Waals surface area contributed by atoms with Crippen molar-refractivity contribution < 1.29 is 14.3 Å². The molecule has 0 bridgehead atoms. The van der Waals surface area contributed by atoms with Crippen molar-refractivity contribution in [2.24, 2.45) is 11.7 Å². The predicted octanol–water partition coefficient (Wildman–Crippen LogP) is 1.09. The number of carbonyl (C=O) groups excluding carboxylic acids is 1. The lowest BCUT2D eigenvalue weighted by atomic mass is 10.0. The van der Waals surface area contributed by atoms with Crippen LogP contribution in [0.2, 0.25) is 0 Å². The first kappa shape index (κ1) is 12.1. The van der Waals surface area contributed by atoms with Gasteiger partial charge in [0.2, 0.25) is 0 Å². The Morgan fingerprint density at radius 1 is 1.47 bits per heavy atom. The molecule has 92 valence electrons. The summed E-state index contributed by atoms with van der Waals surface area (Å²) in [5, 5.41) is 0. The molecule has 0 aromatic heterocycles. The monoisotopic (exact) mass is 235 g/mol. The Morgan fingerprint density at radius 3 is 2.88 bits per heavy atom. The molecular weight excluding hydrogens is 218 g/mol. The lowest BCUT2D eigenvalue weighted by Gasteiger charge is -2.16. The van der Waals surface area contributed by atoms with E-state index in [1.807, 2.05) is 30.3 Å². The largest absolute Gasteiger partial charge is 0.460 e. The van der Waals surface area contributed by atoms with Crippen LogP contribution in [0.3, 0.4) is 0 Å². The number of benzene rings is 1. The molecule has 1 fully saturated rings. The number of carbonyl (C=O) groups is 1. The van der Waals surface area contributed by atoms with Gasteiger partial charge in [0, 0.05) is 12.5 Å². The molecule has 0 spiro atoms. The van der Waals surface area contributed by atoms with Gasteiger partial charge in [-0.3, -0.25) is 4.79 Å². The van der Waals surface area contributed by atoms with E-state index in [1.54, 1.807) is 0 Å². The van der Waals surface area contributed by atoms with Crippen LogP contribution in [0, 0.1) is 5.92 Å². The highest BCUT2D eigenvalue weighted by atomic mass is 16.5. The van der Waals surface area contributed by atoms with E-state index in [9.17, 15) is 4.79 Å². The molecule has 0 amide bonds. The summed E-state index contributed by atoms with van der Waals surface area (Å²) in [6.45, 7) is 1.52. The van der Waals surface area contributed by atoms with Gasteiger partial charge >= 0.3 is 5.97 Å². The average molecular weight is 235 g/mol. The molecular formula is C13H17NO3. The van der Waals surface area contributed by atoms with E-state index in [-0.39, 0.29) is 18.5 Å². The van der Waals surface area contributed by atoms with Crippen LogP contribution in [-0.4, -0.2) is 25.2 Å². The molecule has 17 heavy (non-hydrogen) atoms. The summed E-state index contributed by atoms with van der Waals surface area (Å²) in [5.41, 5.74) is 6.80. The van der Waals surface area contributed by atoms with Gasteiger partial charge in [0.1, 0.15) is 12.6 Å². The molecule has 4 nitrogen and oxygen atoms in total. The van der Waals surface area contributed by atoms with Gasteiger partial charge in [0.05, 0.1) is 6.61 Å². The molecule has 1 aliphatic heterocycles. The van der Waals surface area contributed by atoms with Crippen molar-refractivity contribution >= 4 is 5.97 Å². The predicted molar refractivity (Wildman–Crippen MR) is 63.1 cm³/mol. The van der Waals surface area contributed by atoms with Gasteiger partial charge in [0.15, 0.2) is 0 Å². The van der Waals surface area contributed by atoms with Gasteiger partial charge in [-0.1, -0.05) is 30.3 Å². The van der Waals surface area contributed by atoms with Crippen LogP contribution in [0.15, 0.2) is 30.3 Å². The van der Waals surface area contributed by atoms with Crippen molar-refractivity contribution in [2.45, 2.75) is 19.1 Å². The molecule has 0 radical (unpaired) electrons. The molecule has 2 atom stereocenters. The second kappa shape index (κ2) is 5.80. The van der Waals surface area contributed by atoms with E-state index in [0.29, 0.717) is 13.2 Å². The van der Waals surface area contributed by atoms with Gasteiger partial charge in [-0.15, -0.1) is 0 Å². The molecule has 2 rings (SSSR count). The van der Waals surface area contributed by atoms with Gasteiger partial charge in [-0.2, -0.15) is 0 Å². The Morgan fingerprint density at radius 2 is 2.24 bits per heavy atom. The highest BCUT2D eigenvalue weighted by Crippen LogP contribution is 2.16. The maximum absolute atomic E-state index is 11.7. The lowest BCUT2D eigenvalue weighted by molar-refractivity contribution is -0.148. The summed E-state index contributed by atoms with van der Waals surface area (Å²) in [6.07, 6.45) is 0.835. The average Bonchev–Trinajstić information content (AvgIpc) is 2.90. The smallest absolute Gasteiger partial charge is 0.323 e. The fraction of sp³-hybridized carbons (Fsp3) is 0.462. The number of hydrogen-bond acceptors (Lipinski definition) is 4. The Labute approximate surface area is 101 Å². The maximum Gasteiger partial charge on any atom is 0.323 e. The van der Waals surface area contributed by atoms with E-state index >= 15 is 0 Å². The van der Waals surface area contributed by atoms with Crippen molar-refractivity contribution in [2.75, 3.05) is 13.2 Å². The Kier molecular flexibility index (Phi) is 4.12. The molecule has 1 saturated heterocycles. The van der Waals surface area contributed by atoms with Crippen LogP contribution >= 0.6 is 0 Å². The summed E-state index contributed by atoms with van der Waals surface area (Å²) in [6, 6.07) is 9.00. The minimum absolute atomic E-state index is 0.0956. The van der Waals surface area contributed by atoms with E-state index in [2.05, 4.69) is 0 Å². The minimum Gasteiger partial charge on any atom is -0.460 e. The van der Waals surface area contributed by atoms with Gasteiger partial charge < -0.3 is 15.2 Å². The molecule has 2 unspecified atom stereocenters. The molecule has 1 aliphatic rings. The molecule has 4 heteroatoms. The van der Waals surface area contributed by atoms with Crippen LogP contribution < -0.4 is 5.73 Å². The quantitative estimate of drug-likeness (QED) is 0.794.